The first kappa shape index (κ1) is 26.6. The van der Waals surface area contributed by atoms with Crippen molar-refractivity contribution in [2.24, 2.45) is 11.8 Å². The molecule has 9 heteroatoms. The maximum atomic E-state index is 13.5. The first-order chi connectivity index (χ1) is 17.4. The topological polar surface area (TPSA) is 99.3 Å². The summed E-state index contributed by atoms with van der Waals surface area (Å²) < 4.78 is 5.40. The second kappa shape index (κ2) is 12.7. The van der Waals surface area contributed by atoms with Gasteiger partial charge in [-0.1, -0.05) is 19.3 Å². The van der Waals surface area contributed by atoms with E-state index in [2.05, 4.69) is 5.32 Å². The minimum absolute atomic E-state index is 0.0596. The van der Waals surface area contributed by atoms with Crippen molar-refractivity contribution in [3.8, 4) is 0 Å². The summed E-state index contributed by atoms with van der Waals surface area (Å²) >= 11 is 0. The summed E-state index contributed by atoms with van der Waals surface area (Å²) in [6, 6.07) is 0. The third kappa shape index (κ3) is 6.66. The number of nitrogens with one attached hydrogen (secondary N) is 1. The number of hydrogen-bond donors (Lipinski definition) is 1. The summed E-state index contributed by atoms with van der Waals surface area (Å²) in [4.78, 5) is 57.1. The molecule has 0 aromatic carbocycles. The lowest BCUT2D eigenvalue weighted by Crippen LogP contribution is -2.47. The van der Waals surface area contributed by atoms with Crippen LogP contribution in [0.3, 0.4) is 0 Å². The molecule has 1 N–H and O–H groups in total. The number of carbonyl (C=O) groups excluding carboxylic acids is 4. The van der Waals surface area contributed by atoms with Gasteiger partial charge in [0.15, 0.2) is 0 Å². The molecular weight excluding hydrogens is 460 g/mol. The molecule has 3 heterocycles. The van der Waals surface area contributed by atoms with Crippen molar-refractivity contribution in [2.45, 2.75) is 71.1 Å². The summed E-state index contributed by atoms with van der Waals surface area (Å²) in [5.74, 6) is -0.118. The van der Waals surface area contributed by atoms with Gasteiger partial charge in [0.05, 0.1) is 19.1 Å². The van der Waals surface area contributed by atoms with E-state index < -0.39 is 5.92 Å². The minimum atomic E-state index is -0.548. The number of carbonyl (C=O) groups is 4. The predicted molar refractivity (Wildman–Crippen MR) is 135 cm³/mol. The molecular formula is C27H42N4O5. The Labute approximate surface area is 214 Å². The van der Waals surface area contributed by atoms with Crippen LogP contribution in [0, 0.1) is 11.8 Å². The average molecular weight is 503 g/mol. The second-order valence-electron chi connectivity index (χ2n) is 10.7. The van der Waals surface area contributed by atoms with E-state index >= 15 is 0 Å². The summed E-state index contributed by atoms with van der Waals surface area (Å²) in [7, 11) is 0. The summed E-state index contributed by atoms with van der Waals surface area (Å²) in [5.41, 5.74) is 1.31. The number of amides is 4. The average Bonchev–Trinajstić information content (AvgIpc) is 3.31. The molecule has 3 aliphatic heterocycles. The molecule has 1 saturated carbocycles. The predicted octanol–water partition coefficient (Wildman–Crippen LogP) is 2.07. The van der Waals surface area contributed by atoms with Crippen LogP contribution in [0.25, 0.3) is 0 Å². The number of allylic oxidation sites excluding steroid dienone is 1. The van der Waals surface area contributed by atoms with Crippen LogP contribution in [-0.4, -0.2) is 90.8 Å². The second-order valence-corrected chi connectivity index (χ2v) is 10.7. The summed E-state index contributed by atoms with van der Waals surface area (Å²) in [6.07, 6.45) is 8.52. The van der Waals surface area contributed by atoms with E-state index in [0.717, 1.165) is 25.8 Å². The lowest BCUT2D eigenvalue weighted by molar-refractivity contribution is -0.139. The Bertz CT molecular complexity index is 860. The van der Waals surface area contributed by atoms with Crippen molar-refractivity contribution in [3.05, 3.63) is 11.3 Å². The van der Waals surface area contributed by atoms with Crippen LogP contribution in [0.1, 0.15) is 71.1 Å². The van der Waals surface area contributed by atoms with Crippen molar-refractivity contribution >= 4 is 23.6 Å². The molecule has 4 rings (SSSR count). The number of morpholine rings is 1. The van der Waals surface area contributed by atoms with Crippen LogP contribution in [0.2, 0.25) is 0 Å². The fourth-order valence-electron chi connectivity index (χ4n) is 5.97. The minimum Gasteiger partial charge on any atom is -0.378 e. The van der Waals surface area contributed by atoms with Gasteiger partial charge in [-0.3, -0.25) is 19.2 Å². The maximum Gasteiger partial charge on any atom is 0.251 e. The van der Waals surface area contributed by atoms with E-state index in [1.54, 1.807) is 9.80 Å². The van der Waals surface area contributed by atoms with Crippen molar-refractivity contribution in [2.75, 3.05) is 52.5 Å². The zero-order valence-corrected chi connectivity index (χ0v) is 21.8. The molecule has 9 nitrogen and oxygen atoms in total. The zero-order valence-electron chi connectivity index (χ0n) is 21.8. The van der Waals surface area contributed by atoms with Crippen LogP contribution >= 0.6 is 0 Å². The van der Waals surface area contributed by atoms with Crippen molar-refractivity contribution in [1.82, 2.24) is 20.0 Å². The van der Waals surface area contributed by atoms with Gasteiger partial charge in [-0.15, -0.1) is 0 Å². The van der Waals surface area contributed by atoms with Gasteiger partial charge in [0, 0.05) is 63.4 Å². The van der Waals surface area contributed by atoms with Gasteiger partial charge in [0.25, 0.3) is 5.91 Å². The highest BCUT2D eigenvalue weighted by Gasteiger charge is 2.38. The maximum absolute atomic E-state index is 13.5. The lowest BCUT2D eigenvalue weighted by atomic mass is 9.87. The molecule has 0 aromatic rings. The van der Waals surface area contributed by atoms with Gasteiger partial charge in [-0.2, -0.15) is 0 Å². The number of hydrogen-bond acceptors (Lipinski definition) is 5. The smallest absolute Gasteiger partial charge is 0.251 e. The van der Waals surface area contributed by atoms with Crippen LogP contribution in [0.15, 0.2) is 11.3 Å². The highest BCUT2D eigenvalue weighted by molar-refractivity contribution is 5.98. The molecule has 3 fully saturated rings. The highest BCUT2D eigenvalue weighted by atomic mass is 16.5. The van der Waals surface area contributed by atoms with Gasteiger partial charge < -0.3 is 24.8 Å². The van der Waals surface area contributed by atoms with E-state index in [-0.39, 0.29) is 30.0 Å². The van der Waals surface area contributed by atoms with Crippen molar-refractivity contribution < 1.29 is 23.9 Å². The Morgan fingerprint density at radius 1 is 1.00 bits per heavy atom. The van der Waals surface area contributed by atoms with Crippen molar-refractivity contribution in [3.63, 3.8) is 0 Å². The molecule has 4 amide bonds. The molecule has 1 atom stereocenters. The molecule has 200 valence electrons. The largest absolute Gasteiger partial charge is 0.378 e. The van der Waals surface area contributed by atoms with E-state index in [1.165, 1.54) is 19.3 Å². The zero-order chi connectivity index (χ0) is 25.5. The summed E-state index contributed by atoms with van der Waals surface area (Å²) in [5, 5.41) is 3.06. The summed E-state index contributed by atoms with van der Waals surface area (Å²) in [6.45, 7) is 6.42. The lowest BCUT2D eigenvalue weighted by Gasteiger charge is -2.37. The number of ether oxygens (including phenoxy) is 1. The third-order valence-corrected chi connectivity index (χ3v) is 8.19. The highest BCUT2D eigenvalue weighted by Crippen LogP contribution is 2.31. The quantitative estimate of drug-likeness (QED) is 0.520. The number of likely N-dealkylation sites (tertiary alicyclic amines) is 1. The van der Waals surface area contributed by atoms with Gasteiger partial charge in [-0.05, 0) is 44.9 Å². The fourth-order valence-corrected chi connectivity index (χ4v) is 5.97. The Hall–Kier alpha value is -2.42. The SMILES string of the molecule is CC1=C(C(=O)N2CCOCC2)CC(CC(=O)NCC2CCCCC2)C(=O)N1CCCN1CCCC1=O. The van der Waals surface area contributed by atoms with E-state index in [4.69, 9.17) is 4.74 Å². The van der Waals surface area contributed by atoms with Gasteiger partial charge >= 0.3 is 0 Å². The monoisotopic (exact) mass is 502 g/mol. The molecule has 4 aliphatic rings. The molecule has 0 aromatic heterocycles. The van der Waals surface area contributed by atoms with Crippen molar-refractivity contribution in [1.29, 1.82) is 0 Å². The van der Waals surface area contributed by atoms with Gasteiger partial charge in [-0.25, -0.2) is 0 Å². The first-order valence-corrected chi connectivity index (χ1v) is 13.9. The fraction of sp³-hybridized carbons (Fsp3) is 0.778. The normalized spacial score (nSPS) is 24.0. The first-order valence-electron chi connectivity index (χ1n) is 13.9. The number of nitrogens with zero attached hydrogens (tertiary/aromatic N) is 3. The molecule has 1 unspecified atom stereocenters. The van der Waals surface area contributed by atoms with Gasteiger partial charge in [0.2, 0.25) is 17.7 Å². The van der Waals surface area contributed by atoms with Crippen LogP contribution in [0.5, 0.6) is 0 Å². The molecule has 1 aliphatic carbocycles. The van der Waals surface area contributed by atoms with Crippen LogP contribution in [0.4, 0.5) is 0 Å². The Balaban J connectivity index is 1.42. The van der Waals surface area contributed by atoms with E-state index in [9.17, 15) is 19.2 Å². The Kier molecular flexibility index (Phi) is 9.40. The standard InChI is InChI=1S/C27H42N4O5/c1-20-23(27(35)30-13-15-36-16-14-30)17-22(18-24(32)28-19-21-7-3-2-4-8-21)26(34)31(20)12-6-11-29-10-5-9-25(29)33/h21-22H,2-19H2,1H3,(H,28,32). The Morgan fingerprint density at radius 3 is 2.44 bits per heavy atom. The number of rotatable bonds is 9. The molecule has 0 spiro atoms. The Morgan fingerprint density at radius 2 is 1.75 bits per heavy atom. The molecule has 36 heavy (non-hydrogen) atoms. The molecule has 0 bridgehead atoms. The molecule has 0 radical (unpaired) electrons. The molecule has 2 saturated heterocycles. The van der Waals surface area contributed by atoms with Crippen LogP contribution in [-0.2, 0) is 23.9 Å². The van der Waals surface area contributed by atoms with Gasteiger partial charge in [0.1, 0.15) is 0 Å². The van der Waals surface area contributed by atoms with E-state index in [0.29, 0.717) is 82.4 Å². The van der Waals surface area contributed by atoms with Crippen LogP contribution < -0.4 is 5.32 Å². The third-order valence-electron chi connectivity index (χ3n) is 8.19. The van der Waals surface area contributed by atoms with E-state index in [1.807, 2.05) is 11.8 Å².